The fourth-order valence-corrected chi connectivity index (χ4v) is 2.60. The van der Waals surface area contributed by atoms with Crippen molar-refractivity contribution < 1.29 is 23.5 Å². The van der Waals surface area contributed by atoms with Gasteiger partial charge in [-0.25, -0.2) is 4.39 Å². The predicted octanol–water partition coefficient (Wildman–Crippen LogP) is 2.88. The van der Waals surface area contributed by atoms with E-state index in [9.17, 15) is 14.0 Å². The van der Waals surface area contributed by atoms with Crippen molar-refractivity contribution in [1.82, 2.24) is 5.32 Å². The summed E-state index contributed by atoms with van der Waals surface area (Å²) in [6.45, 7) is 3.45. The largest absolute Gasteiger partial charge is 0.454 e. The van der Waals surface area contributed by atoms with Crippen LogP contribution in [0.25, 0.3) is 0 Å². The molecule has 2 amide bonds. The van der Waals surface area contributed by atoms with Gasteiger partial charge in [0.15, 0.2) is 11.5 Å². The number of fused-ring (bicyclic) bond motifs is 1. The number of ether oxygens (including phenoxy) is 2. The van der Waals surface area contributed by atoms with E-state index in [0.29, 0.717) is 29.2 Å². The Bertz CT molecular complexity index is 867. The molecule has 1 heterocycles. The molecule has 2 aromatic rings. The van der Waals surface area contributed by atoms with Crippen LogP contribution in [-0.4, -0.2) is 25.2 Å². The van der Waals surface area contributed by atoms with E-state index in [-0.39, 0.29) is 19.2 Å². The van der Waals surface area contributed by atoms with E-state index in [0.717, 1.165) is 0 Å². The van der Waals surface area contributed by atoms with Gasteiger partial charge in [0.05, 0.1) is 0 Å². The molecule has 3 rings (SSSR count). The number of hydrogen-bond acceptors (Lipinski definition) is 4. The molecule has 0 radical (unpaired) electrons. The third-order valence-corrected chi connectivity index (χ3v) is 4.40. The summed E-state index contributed by atoms with van der Waals surface area (Å²) in [7, 11) is 0. The van der Waals surface area contributed by atoms with E-state index in [4.69, 9.17) is 9.47 Å². The van der Waals surface area contributed by atoms with Crippen molar-refractivity contribution in [3.05, 3.63) is 53.8 Å². The minimum Gasteiger partial charge on any atom is -0.454 e. The normalized spacial score (nSPS) is 12.6. The van der Waals surface area contributed by atoms with Crippen molar-refractivity contribution in [3.8, 4) is 11.5 Å². The lowest BCUT2D eigenvalue weighted by molar-refractivity contribution is -0.138. The Morgan fingerprint density at radius 2 is 1.81 bits per heavy atom. The molecule has 0 fully saturated rings. The van der Waals surface area contributed by atoms with E-state index in [1.165, 1.54) is 19.9 Å². The molecular formula is C20H21FN2O4. The lowest BCUT2D eigenvalue weighted by Crippen LogP contribution is -2.45. The van der Waals surface area contributed by atoms with E-state index in [1.807, 2.05) is 0 Å². The molecule has 2 aromatic carbocycles. The van der Waals surface area contributed by atoms with Crippen LogP contribution in [0.5, 0.6) is 11.5 Å². The first-order chi connectivity index (χ1) is 12.9. The van der Waals surface area contributed by atoms with Crippen molar-refractivity contribution >= 4 is 17.5 Å². The molecule has 0 spiro atoms. The second kappa shape index (κ2) is 7.65. The quantitative estimate of drug-likeness (QED) is 0.765. The molecule has 0 atom stereocenters. The van der Waals surface area contributed by atoms with Crippen molar-refractivity contribution in [3.63, 3.8) is 0 Å². The number of carbonyl (C=O) groups is 2. The standard InChI is InChI=1S/C20H21FN2O4/c1-20(2,18(24)22-10-9-13-5-3-4-6-15(13)21)19(25)23-14-7-8-16-17(11-14)27-12-26-16/h3-8,11H,9-10,12H2,1-2H3,(H,22,24)(H,23,25). The zero-order chi connectivity index (χ0) is 19.4. The maximum atomic E-state index is 13.6. The Morgan fingerprint density at radius 1 is 1.07 bits per heavy atom. The van der Waals surface area contributed by atoms with Crippen LogP contribution in [0.3, 0.4) is 0 Å². The summed E-state index contributed by atoms with van der Waals surface area (Å²) in [5.41, 5.74) is -0.275. The molecule has 142 valence electrons. The average molecular weight is 372 g/mol. The van der Waals surface area contributed by atoms with Crippen LogP contribution < -0.4 is 20.1 Å². The summed E-state index contributed by atoms with van der Waals surface area (Å²) in [4.78, 5) is 25.0. The third kappa shape index (κ3) is 4.19. The summed E-state index contributed by atoms with van der Waals surface area (Å²) < 4.78 is 24.1. The fraction of sp³-hybridized carbons (Fsp3) is 0.300. The van der Waals surface area contributed by atoms with E-state index in [2.05, 4.69) is 10.6 Å². The van der Waals surface area contributed by atoms with Gasteiger partial charge in [0.2, 0.25) is 18.6 Å². The van der Waals surface area contributed by atoms with E-state index < -0.39 is 17.2 Å². The number of nitrogens with one attached hydrogen (secondary N) is 2. The number of hydrogen-bond donors (Lipinski definition) is 2. The molecule has 7 heteroatoms. The third-order valence-electron chi connectivity index (χ3n) is 4.40. The van der Waals surface area contributed by atoms with Crippen LogP contribution in [0, 0.1) is 11.2 Å². The molecule has 1 aliphatic rings. The van der Waals surface area contributed by atoms with E-state index >= 15 is 0 Å². The number of benzene rings is 2. The molecule has 0 saturated carbocycles. The van der Waals surface area contributed by atoms with Crippen molar-refractivity contribution in [2.24, 2.45) is 5.41 Å². The van der Waals surface area contributed by atoms with Crippen molar-refractivity contribution in [2.45, 2.75) is 20.3 Å². The van der Waals surface area contributed by atoms with Gasteiger partial charge in [0, 0.05) is 18.3 Å². The van der Waals surface area contributed by atoms with Crippen LogP contribution in [0.1, 0.15) is 19.4 Å². The summed E-state index contributed by atoms with van der Waals surface area (Å²) in [6.07, 6.45) is 0.346. The SMILES string of the molecule is CC(C)(C(=O)NCCc1ccccc1F)C(=O)Nc1ccc2c(c1)OCO2. The van der Waals surface area contributed by atoms with Gasteiger partial charge in [-0.05, 0) is 44.0 Å². The Labute approximate surface area is 156 Å². The number of halogens is 1. The zero-order valence-electron chi connectivity index (χ0n) is 15.2. The number of amides is 2. The lowest BCUT2D eigenvalue weighted by Gasteiger charge is -2.23. The van der Waals surface area contributed by atoms with E-state index in [1.54, 1.807) is 36.4 Å². The van der Waals surface area contributed by atoms with Gasteiger partial charge in [-0.1, -0.05) is 18.2 Å². The molecule has 0 saturated heterocycles. The average Bonchev–Trinajstić information content (AvgIpc) is 3.11. The summed E-state index contributed by atoms with van der Waals surface area (Å²) in [6, 6.07) is 11.4. The lowest BCUT2D eigenvalue weighted by atomic mass is 9.90. The van der Waals surface area contributed by atoms with Gasteiger partial charge < -0.3 is 20.1 Å². The van der Waals surface area contributed by atoms with Crippen LogP contribution in [0.15, 0.2) is 42.5 Å². The highest BCUT2D eigenvalue weighted by atomic mass is 19.1. The molecular weight excluding hydrogens is 351 g/mol. The molecule has 2 N–H and O–H groups in total. The minimum atomic E-state index is -1.30. The molecule has 27 heavy (non-hydrogen) atoms. The Balaban J connectivity index is 1.56. The maximum Gasteiger partial charge on any atom is 0.239 e. The Morgan fingerprint density at radius 3 is 2.59 bits per heavy atom. The second-order valence-corrected chi connectivity index (χ2v) is 6.74. The number of rotatable bonds is 6. The van der Waals surface area contributed by atoms with Gasteiger partial charge in [0.1, 0.15) is 11.2 Å². The molecule has 1 aliphatic heterocycles. The van der Waals surface area contributed by atoms with Crippen LogP contribution >= 0.6 is 0 Å². The van der Waals surface area contributed by atoms with Gasteiger partial charge >= 0.3 is 0 Å². The smallest absolute Gasteiger partial charge is 0.239 e. The summed E-state index contributed by atoms with van der Waals surface area (Å²) >= 11 is 0. The number of carbonyl (C=O) groups excluding carboxylic acids is 2. The first kappa shape index (κ1) is 18.7. The van der Waals surface area contributed by atoms with Crippen LogP contribution in [0.2, 0.25) is 0 Å². The minimum absolute atomic E-state index is 0.142. The van der Waals surface area contributed by atoms with Gasteiger partial charge in [-0.3, -0.25) is 9.59 Å². The molecule has 0 aromatic heterocycles. The second-order valence-electron chi connectivity index (χ2n) is 6.74. The van der Waals surface area contributed by atoms with Crippen LogP contribution in [0.4, 0.5) is 10.1 Å². The Kier molecular flexibility index (Phi) is 5.30. The van der Waals surface area contributed by atoms with Crippen molar-refractivity contribution in [1.29, 1.82) is 0 Å². The summed E-state index contributed by atoms with van der Waals surface area (Å²) in [5, 5.41) is 5.41. The maximum absolute atomic E-state index is 13.6. The summed E-state index contributed by atoms with van der Waals surface area (Å²) in [5.74, 6) is -0.0495. The zero-order valence-corrected chi connectivity index (χ0v) is 15.2. The van der Waals surface area contributed by atoms with Crippen LogP contribution in [-0.2, 0) is 16.0 Å². The first-order valence-electron chi connectivity index (χ1n) is 8.61. The Hall–Kier alpha value is -3.09. The molecule has 0 bridgehead atoms. The number of anilines is 1. The fourth-order valence-electron chi connectivity index (χ4n) is 2.60. The van der Waals surface area contributed by atoms with Gasteiger partial charge in [0.25, 0.3) is 0 Å². The molecule has 6 nitrogen and oxygen atoms in total. The van der Waals surface area contributed by atoms with Gasteiger partial charge in [-0.2, -0.15) is 0 Å². The highest BCUT2D eigenvalue weighted by molar-refractivity contribution is 6.09. The molecule has 0 unspecified atom stereocenters. The van der Waals surface area contributed by atoms with Gasteiger partial charge in [-0.15, -0.1) is 0 Å². The predicted molar refractivity (Wildman–Crippen MR) is 98.1 cm³/mol. The molecule has 0 aliphatic carbocycles. The van der Waals surface area contributed by atoms with Crippen molar-refractivity contribution in [2.75, 3.05) is 18.7 Å². The first-order valence-corrected chi connectivity index (χ1v) is 8.61. The topological polar surface area (TPSA) is 76.7 Å². The highest BCUT2D eigenvalue weighted by Crippen LogP contribution is 2.34. The highest BCUT2D eigenvalue weighted by Gasteiger charge is 2.36. The monoisotopic (exact) mass is 372 g/mol.